The van der Waals surface area contributed by atoms with Crippen molar-refractivity contribution in [1.82, 2.24) is 0 Å². The molecule has 0 aliphatic carbocycles. The maximum Gasteiger partial charge on any atom is 0.229 e. The number of hydrogen-bond donors (Lipinski definition) is 0. The summed E-state index contributed by atoms with van der Waals surface area (Å²) < 4.78 is 11.7. The second kappa shape index (κ2) is 3.01. The average molecular weight is 131 g/mol. The summed E-state index contributed by atoms with van der Waals surface area (Å²) in [6.45, 7) is 0. The molecule has 0 bridgehead atoms. The number of hydrogen-bond acceptors (Lipinski definition) is 2. The molecule has 0 saturated heterocycles. The molecule has 0 heterocycles. The highest BCUT2D eigenvalue weighted by Crippen LogP contribution is 2.06. The minimum absolute atomic E-state index is 0.701. The van der Waals surface area contributed by atoms with Gasteiger partial charge in [-0.15, -0.1) is 0 Å². The number of rotatable bonds is 0. The molecule has 0 N–H and O–H groups in total. The van der Waals surface area contributed by atoms with Gasteiger partial charge in [-0.1, -0.05) is 11.6 Å². The molecule has 0 aromatic heterocycles. The van der Waals surface area contributed by atoms with Crippen LogP contribution in [0.4, 0.5) is 4.39 Å². The standard InChI is InChI=1S/C4ClFN2/c5-3(1-7)4(6)2-8. The lowest BCUT2D eigenvalue weighted by Crippen LogP contribution is -1.68. The summed E-state index contributed by atoms with van der Waals surface area (Å²) in [5, 5.41) is 14.8. The van der Waals surface area contributed by atoms with Gasteiger partial charge >= 0.3 is 0 Å². The fourth-order valence-corrected chi connectivity index (χ4v) is 0.140. The zero-order chi connectivity index (χ0) is 6.57. The first-order valence-corrected chi connectivity index (χ1v) is 1.95. The third-order valence-corrected chi connectivity index (χ3v) is 0.639. The monoisotopic (exact) mass is 130 g/mol. The van der Waals surface area contributed by atoms with E-state index >= 15 is 0 Å². The summed E-state index contributed by atoms with van der Waals surface area (Å²) in [5.74, 6) is -1.24. The highest BCUT2D eigenvalue weighted by molar-refractivity contribution is 6.32. The Morgan fingerprint density at radius 3 is 2.00 bits per heavy atom. The molecule has 0 unspecified atom stereocenters. The van der Waals surface area contributed by atoms with E-state index in [0.717, 1.165) is 6.07 Å². The largest absolute Gasteiger partial charge is 0.229 e. The van der Waals surface area contributed by atoms with Gasteiger partial charge in [-0.2, -0.15) is 14.9 Å². The van der Waals surface area contributed by atoms with Gasteiger partial charge in [0.05, 0.1) is 0 Å². The SMILES string of the molecule is N#CC(F)=C(Cl)C#N. The zero-order valence-electron chi connectivity index (χ0n) is 3.65. The molecule has 8 heavy (non-hydrogen) atoms. The molecule has 0 saturated carbocycles. The van der Waals surface area contributed by atoms with E-state index in [9.17, 15) is 4.39 Å². The summed E-state index contributed by atoms with van der Waals surface area (Å²) in [4.78, 5) is 0. The summed E-state index contributed by atoms with van der Waals surface area (Å²) in [5.41, 5.74) is 0. The molecule has 0 rings (SSSR count). The third-order valence-electron chi connectivity index (χ3n) is 0.389. The average Bonchev–Trinajstić information content (AvgIpc) is 1.84. The van der Waals surface area contributed by atoms with Gasteiger partial charge in [-0.05, 0) is 0 Å². The molecule has 0 aliphatic rings. The Bertz CT molecular complexity index is 173. The normalized spacial score (nSPS) is 11.0. The third kappa shape index (κ3) is 1.59. The minimum atomic E-state index is -1.24. The van der Waals surface area contributed by atoms with Crippen molar-refractivity contribution in [2.45, 2.75) is 0 Å². The molecule has 0 radical (unpaired) electrons. The first kappa shape index (κ1) is 6.94. The van der Waals surface area contributed by atoms with Crippen LogP contribution in [-0.2, 0) is 0 Å². The van der Waals surface area contributed by atoms with E-state index in [1.54, 1.807) is 0 Å². The van der Waals surface area contributed by atoms with Gasteiger partial charge in [0.15, 0.2) is 5.03 Å². The van der Waals surface area contributed by atoms with Gasteiger partial charge in [-0.25, -0.2) is 0 Å². The van der Waals surface area contributed by atoms with E-state index in [0.29, 0.717) is 0 Å². The van der Waals surface area contributed by atoms with Crippen molar-refractivity contribution in [3.8, 4) is 12.1 Å². The summed E-state index contributed by atoms with van der Waals surface area (Å²) in [6, 6.07) is 2.34. The summed E-state index contributed by atoms with van der Waals surface area (Å²) >= 11 is 4.84. The van der Waals surface area contributed by atoms with E-state index in [-0.39, 0.29) is 0 Å². The maximum atomic E-state index is 11.7. The highest BCUT2D eigenvalue weighted by atomic mass is 35.5. The van der Waals surface area contributed by atoms with E-state index in [2.05, 4.69) is 0 Å². The molecular weight excluding hydrogens is 131 g/mol. The number of nitriles is 2. The van der Waals surface area contributed by atoms with Crippen molar-refractivity contribution in [3.05, 3.63) is 10.9 Å². The van der Waals surface area contributed by atoms with Crippen LogP contribution in [0.3, 0.4) is 0 Å². The van der Waals surface area contributed by atoms with Crippen LogP contribution in [0.1, 0.15) is 0 Å². The van der Waals surface area contributed by atoms with Crippen molar-refractivity contribution in [3.63, 3.8) is 0 Å². The van der Waals surface area contributed by atoms with Crippen LogP contribution >= 0.6 is 11.6 Å². The quantitative estimate of drug-likeness (QED) is 0.466. The molecule has 0 atom stereocenters. The molecule has 0 aromatic carbocycles. The van der Waals surface area contributed by atoms with Crippen molar-refractivity contribution in [1.29, 1.82) is 10.5 Å². The molecule has 0 amide bonds. The van der Waals surface area contributed by atoms with Crippen molar-refractivity contribution in [2.75, 3.05) is 0 Å². The van der Waals surface area contributed by atoms with Gasteiger partial charge in [0.2, 0.25) is 5.83 Å². The molecule has 0 aliphatic heterocycles. The van der Waals surface area contributed by atoms with Gasteiger partial charge in [-0.3, -0.25) is 0 Å². The number of allylic oxidation sites excluding steroid dienone is 2. The molecule has 40 valence electrons. The first-order chi connectivity index (χ1) is 3.72. The topological polar surface area (TPSA) is 47.6 Å². The lowest BCUT2D eigenvalue weighted by atomic mass is 10.5. The van der Waals surface area contributed by atoms with Crippen molar-refractivity contribution >= 4 is 11.6 Å². The molecule has 0 fully saturated rings. The van der Waals surface area contributed by atoms with Gasteiger partial charge in [0.25, 0.3) is 0 Å². The van der Waals surface area contributed by atoms with E-state index in [4.69, 9.17) is 22.1 Å². The van der Waals surface area contributed by atoms with E-state index in [1.807, 2.05) is 0 Å². The molecule has 0 aromatic rings. The predicted octanol–water partition coefficient (Wildman–Crippen LogP) is 1.45. The molecule has 0 spiro atoms. The second-order valence-corrected chi connectivity index (χ2v) is 1.23. The lowest BCUT2D eigenvalue weighted by molar-refractivity contribution is 0.670. The first-order valence-electron chi connectivity index (χ1n) is 1.58. The fourth-order valence-electron chi connectivity index (χ4n) is 0.0982. The van der Waals surface area contributed by atoms with Crippen molar-refractivity contribution in [2.24, 2.45) is 0 Å². The van der Waals surface area contributed by atoms with Crippen LogP contribution in [0, 0.1) is 22.7 Å². The Labute approximate surface area is 50.4 Å². The highest BCUT2D eigenvalue weighted by Gasteiger charge is 1.97. The Hall–Kier alpha value is -1.06. The Morgan fingerprint density at radius 1 is 1.38 bits per heavy atom. The minimum Gasteiger partial charge on any atom is -0.192 e. The van der Waals surface area contributed by atoms with Crippen molar-refractivity contribution < 1.29 is 4.39 Å². The van der Waals surface area contributed by atoms with Crippen LogP contribution in [0.2, 0.25) is 0 Å². The summed E-state index contributed by atoms with van der Waals surface area (Å²) in [7, 11) is 0. The van der Waals surface area contributed by atoms with Gasteiger partial charge in [0.1, 0.15) is 12.1 Å². The van der Waals surface area contributed by atoms with Crippen LogP contribution in [0.25, 0.3) is 0 Å². The number of nitrogens with zero attached hydrogens (tertiary/aromatic N) is 2. The molecule has 2 nitrogen and oxygen atoms in total. The maximum absolute atomic E-state index is 11.7. The fraction of sp³-hybridized carbons (Fsp3) is 0. The van der Waals surface area contributed by atoms with Crippen LogP contribution in [0.15, 0.2) is 10.9 Å². The van der Waals surface area contributed by atoms with Gasteiger partial charge < -0.3 is 0 Å². The number of halogens is 2. The second-order valence-electron chi connectivity index (χ2n) is 0.852. The van der Waals surface area contributed by atoms with Crippen LogP contribution < -0.4 is 0 Å². The Balaban J connectivity index is 4.41. The molecule has 4 heteroatoms. The predicted molar refractivity (Wildman–Crippen MR) is 25.2 cm³/mol. The van der Waals surface area contributed by atoms with E-state index in [1.165, 1.54) is 6.07 Å². The van der Waals surface area contributed by atoms with Crippen LogP contribution in [0.5, 0.6) is 0 Å². The zero-order valence-corrected chi connectivity index (χ0v) is 4.41. The molecular formula is C4ClFN2. The lowest BCUT2D eigenvalue weighted by Gasteiger charge is -1.74. The summed E-state index contributed by atoms with van der Waals surface area (Å²) in [6.07, 6.45) is 0. The Morgan fingerprint density at radius 2 is 1.88 bits per heavy atom. The Kier molecular flexibility index (Phi) is 2.61. The van der Waals surface area contributed by atoms with Crippen LogP contribution in [-0.4, -0.2) is 0 Å². The van der Waals surface area contributed by atoms with E-state index < -0.39 is 10.9 Å². The van der Waals surface area contributed by atoms with Gasteiger partial charge in [0, 0.05) is 0 Å². The smallest absolute Gasteiger partial charge is 0.192 e.